The molecule has 0 aromatic rings. The third kappa shape index (κ3) is 16.9. The minimum atomic E-state index is -0.468. The Balaban J connectivity index is 0. The standard InChI is InChI=1S/2C8H10O4/c2*1-11-7(9)5-3-4-6-8(10)12-2/h2*3-6H,1-2H3/b5-3+,6-4+;5-3-,6-4+. The van der Waals surface area contributed by atoms with Crippen molar-refractivity contribution in [1.82, 2.24) is 0 Å². The summed E-state index contributed by atoms with van der Waals surface area (Å²) in [5.41, 5.74) is 0. The van der Waals surface area contributed by atoms with Crippen molar-refractivity contribution in [3.8, 4) is 0 Å². The zero-order valence-corrected chi connectivity index (χ0v) is 13.9. The topological polar surface area (TPSA) is 105 Å². The number of carbonyl (C=O) groups excluding carboxylic acids is 4. The van der Waals surface area contributed by atoms with Crippen molar-refractivity contribution < 1.29 is 38.1 Å². The summed E-state index contributed by atoms with van der Waals surface area (Å²) in [6.45, 7) is 0. The first kappa shape index (κ1) is 23.1. The molecule has 0 aromatic heterocycles. The fourth-order valence-corrected chi connectivity index (χ4v) is 0.809. The van der Waals surface area contributed by atoms with E-state index in [1.165, 1.54) is 77.0 Å². The quantitative estimate of drug-likeness (QED) is 0.304. The van der Waals surface area contributed by atoms with Crippen LogP contribution in [-0.2, 0) is 38.1 Å². The van der Waals surface area contributed by atoms with Gasteiger partial charge in [-0.25, -0.2) is 19.2 Å². The first-order valence-electron chi connectivity index (χ1n) is 6.42. The Bertz CT molecular complexity index is 430. The summed E-state index contributed by atoms with van der Waals surface area (Å²) < 4.78 is 17.2. The van der Waals surface area contributed by atoms with Crippen LogP contribution in [0.4, 0.5) is 0 Å². The van der Waals surface area contributed by atoms with Gasteiger partial charge in [0.25, 0.3) is 0 Å². The monoisotopic (exact) mass is 340 g/mol. The summed E-state index contributed by atoms with van der Waals surface area (Å²) >= 11 is 0. The molecule has 0 aromatic carbocycles. The molecule has 8 heteroatoms. The molecule has 0 radical (unpaired) electrons. The van der Waals surface area contributed by atoms with Gasteiger partial charge in [0.1, 0.15) is 0 Å². The zero-order valence-electron chi connectivity index (χ0n) is 13.9. The van der Waals surface area contributed by atoms with Crippen molar-refractivity contribution in [2.45, 2.75) is 0 Å². The Hall–Kier alpha value is -3.16. The lowest BCUT2D eigenvalue weighted by molar-refractivity contribution is -0.135. The molecule has 0 bridgehead atoms. The van der Waals surface area contributed by atoms with Crippen LogP contribution in [0.5, 0.6) is 0 Å². The average Bonchev–Trinajstić information content (AvgIpc) is 2.61. The van der Waals surface area contributed by atoms with Gasteiger partial charge in [-0.3, -0.25) is 0 Å². The molecular weight excluding hydrogens is 320 g/mol. The SMILES string of the molecule is COC(=O)/C=C/C=C/C(=O)OC.COC(=O)/C=C\C=C\C(=O)OC. The summed E-state index contributed by atoms with van der Waals surface area (Å²) in [6.07, 6.45) is 10.3. The number of rotatable bonds is 6. The van der Waals surface area contributed by atoms with Crippen molar-refractivity contribution in [3.63, 3.8) is 0 Å². The van der Waals surface area contributed by atoms with Crippen LogP contribution in [0.3, 0.4) is 0 Å². The number of esters is 4. The van der Waals surface area contributed by atoms with Crippen LogP contribution in [0.1, 0.15) is 0 Å². The largest absolute Gasteiger partial charge is 0.466 e. The van der Waals surface area contributed by atoms with Crippen molar-refractivity contribution in [1.29, 1.82) is 0 Å². The maximum atomic E-state index is 10.5. The Labute approximate surface area is 140 Å². The predicted molar refractivity (Wildman–Crippen MR) is 84.6 cm³/mol. The van der Waals surface area contributed by atoms with Crippen LogP contribution in [-0.4, -0.2) is 52.3 Å². The molecule has 24 heavy (non-hydrogen) atoms. The molecule has 0 heterocycles. The number of hydrogen-bond acceptors (Lipinski definition) is 8. The summed E-state index contributed by atoms with van der Waals surface area (Å²) in [4.78, 5) is 41.9. The molecule has 0 rings (SSSR count). The molecule has 8 nitrogen and oxygen atoms in total. The van der Waals surface area contributed by atoms with Crippen LogP contribution in [0.2, 0.25) is 0 Å². The lowest BCUT2D eigenvalue weighted by Gasteiger charge is -1.87. The first-order chi connectivity index (χ1) is 11.4. The molecular formula is C16H20O8. The Kier molecular flexibility index (Phi) is 15.6. The van der Waals surface area contributed by atoms with Crippen LogP contribution < -0.4 is 0 Å². The predicted octanol–water partition coefficient (Wildman–Crippen LogP) is 0.890. The van der Waals surface area contributed by atoms with Gasteiger partial charge in [-0.05, 0) is 0 Å². The van der Waals surface area contributed by atoms with E-state index >= 15 is 0 Å². The molecule has 132 valence electrons. The third-order valence-corrected chi connectivity index (χ3v) is 1.96. The smallest absolute Gasteiger partial charge is 0.330 e. The van der Waals surface area contributed by atoms with E-state index in [9.17, 15) is 19.2 Å². The van der Waals surface area contributed by atoms with E-state index in [0.717, 1.165) is 0 Å². The van der Waals surface area contributed by atoms with Gasteiger partial charge in [0.2, 0.25) is 0 Å². The summed E-state index contributed by atoms with van der Waals surface area (Å²) in [5.74, 6) is -1.87. The van der Waals surface area contributed by atoms with E-state index in [1.807, 2.05) is 0 Å². The highest BCUT2D eigenvalue weighted by Gasteiger charge is 1.90. The van der Waals surface area contributed by atoms with Gasteiger partial charge >= 0.3 is 23.9 Å². The molecule has 0 atom stereocenters. The molecule has 0 aliphatic rings. The number of methoxy groups -OCH3 is 4. The average molecular weight is 340 g/mol. The van der Waals surface area contributed by atoms with Crippen molar-refractivity contribution in [2.75, 3.05) is 28.4 Å². The molecule has 0 unspecified atom stereocenters. The fourth-order valence-electron chi connectivity index (χ4n) is 0.809. The summed E-state index contributed by atoms with van der Waals surface area (Å²) in [5, 5.41) is 0. The van der Waals surface area contributed by atoms with Crippen LogP contribution in [0, 0.1) is 0 Å². The maximum Gasteiger partial charge on any atom is 0.330 e. The molecule has 0 aliphatic heterocycles. The first-order valence-corrected chi connectivity index (χ1v) is 6.42. The maximum absolute atomic E-state index is 10.5. The number of hydrogen-bond donors (Lipinski definition) is 0. The van der Waals surface area contributed by atoms with Crippen LogP contribution >= 0.6 is 0 Å². The molecule has 0 amide bonds. The van der Waals surface area contributed by atoms with Gasteiger partial charge in [0.05, 0.1) is 28.4 Å². The van der Waals surface area contributed by atoms with Gasteiger partial charge in [0.15, 0.2) is 0 Å². The molecule has 0 saturated heterocycles. The minimum absolute atomic E-state index is 0.468. The van der Waals surface area contributed by atoms with E-state index in [4.69, 9.17) is 0 Å². The molecule has 0 spiro atoms. The normalized spacial score (nSPS) is 10.5. The molecule has 0 N–H and O–H groups in total. The van der Waals surface area contributed by atoms with Gasteiger partial charge < -0.3 is 18.9 Å². The number of allylic oxidation sites excluding steroid dienone is 4. The minimum Gasteiger partial charge on any atom is -0.466 e. The lowest BCUT2D eigenvalue weighted by atomic mass is 10.4. The summed E-state index contributed by atoms with van der Waals surface area (Å²) in [6, 6.07) is 0. The van der Waals surface area contributed by atoms with E-state index < -0.39 is 23.9 Å². The third-order valence-electron chi connectivity index (χ3n) is 1.96. The van der Waals surface area contributed by atoms with Crippen LogP contribution in [0.15, 0.2) is 48.6 Å². The van der Waals surface area contributed by atoms with Crippen molar-refractivity contribution in [3.05, 3.63) is 48.6 Å². The molecule has 0 aliphatic carbocycles. The van der Waals surface area contributed by atoms with E-state index in [-0.39, 0.29) is 0 Å². The number of ether oxygens (including phenoxy) is 4. The highest BCUT2D eigenvalue weighted by molar-refractivity contribution is 5.85. The second kappa shape index (κ2) is 16.2. The second-order valence-electron chi connectivity index (χ2n) is 3.53. The Morgan fingerprint density at radius 3 is 0.750 bits per heavy atom. The highest BCUT2D eigenvalue weighted by Crippen LogP contribution is 1.83. The van der Waals surface area contributed by atoms with E-state index in [1.54, 1.807) is 0 Å². The van der Waals surface area contributed by atoms with Gasteiger partial charge in [-0.2, -0.15) is 0 Å². The number of carbonyl (C=O) groups is 4. The Morgan fingerprint density at radius 1 is 0.458 bits per heavy atom. The summed E-state index contributed by atoms with van der Waals surface area (Å²) in [7, 11) is 5.10. The zero-order chi connectivity index (χ0) is 18.8. The van der Waals surface area contributed by atoms with E-state index in [2.05, 4.69) is 18.9 Å². The molecule has 0 fully saturated rings. The second-order valence-corrected chi connectivity index (χ2v) is 3.53. The van der Waals surface area contributed by atoms with Gasteiger partial charge in [-0.15, -0.1) is 0 Å². The van der Waals surface area contributed by atoms with Crippen molar-refractivity contribution in [2.24, 2.45) is 0 Å². The van der Waals surface area contributed by atoms with Crippen LogP contribution in [0.25, 0.3) is 0 Å². The lowest BCUT2D eigenvalue weighted by Crippen LogP contribution is -1.94. The van der Waals surface area contributed by atoms with Gasteiger partial charge in [-0.1, -0.05) is 24.3 Å². The van der Waals surface area contributed by atoms with Crippen molar-refractivity contribution >= 4 is 23.9 Å². The fraction of sp³-hybridized carbons (Fsp3) is 0.250. The highest BCUT2D eigenvalue weighted by atomic mass is 16.5. The van der Waals surface area contributed by atoms with Gasteiger partial charge in [0, 0.05) is 24.3 Å². The van der Waals surface area contributed by atoms with E-state index in [0.29, 0.717) is 0 Å². The Morgan fingerprint density at radius 2 is 0.625 bits per heavy atom. The molecule has 0 saturated carbocycles.